The molecule has 0 aliphatic carbocycles. The highest BCUT2D eigenvalue weighted by molar-refractivity contribution is 7.80. The zero-order valence-electron chi connectivity index (χ0n) is 19.6. The van der Waals surface area contributed by atoms with Gasteiger partial charge in [0.1, 0.15) is 18.1 Å². The Morgan fingerprint density at radius 3 is 2.03 bits per heavy atom. The minimum absolute atomic E-state index is 0.0492. The predicted molar refractivity (Wildman–Crippen MR) is 139 cm³/mol. The fourth-order valence-corrected chi connectivity index (χ4v) is 3.36. The Morgan fingerprint density at radius 2 is 1.34 bits per heavy atom. The second kappa shape index (κ2) is 13.7. The number of thiocarbonyl (C=S) groups is 1. The van der Waals surface area contributed by atoms with E-state index in [0.717, 1.165) is 24.8 Å². The van der Waals surface area contributed by atoms with Crippen LogP contribution in [0.25, 0.3) is 0 Å². The average Bonchev–Trinajstić information content (AvgIpc) is 2.89. The lowest BCUT2D eigenvalue weighted by Gasteiger charge is -2.15. The molecule has 0 unspecified atom stereocenters. The average molecular weight is 492 g/mol. The summed E-state index contributed by atoms with van der Waals surface area (Å²) in [6.07, 6.45) is 3.05. The van der Waals surface area contributed by atoms with Gasteiger partial charge in [-0.15, -0.1) is 0 Å². The van der Waals surface area contributed by atoms with E-state index in [1.807, 2.05) is 30.3 Å². The third-order valence-corrected chi connectivity index (χ3v) is 5.23. The largest absolute Gasteiger partial charge is 0.493 e. The molecule has 3 rings (SSSR count). The fraction of sp³-hybridized carbons (Fsp3) is 0.222. The molecule has 0 aliphatic heterocycles. The van der Waals surface area contributed by atoms with Gasteiger partial charge in [0, 0.05) is 0 Å². The quantitative estimate of drug-likeness (QED) is 0.215. The molecule has 0 saturated carbocycles. The van der Waals surface area contributed by atoms with Gasteiger partial charge in [0.15, 0.2) is 5.11 Å². The second-order valence-electron chi connectivity index (χ2n) is 7.68. The number of carbonyl (C=O) groups is 2. The molecule has 8 heteroatoms. The predicted octanol–water partition coefficient (Wildman–Crippen LogP) is 4.78. The van der Waals surface area contributed by atoms with Crippen LogP contribution in [-0.4, -0.2) is 23.5 Å². The van der Waals surface area contributed by atoms with Crippen LogP contribution in [-0.2, 0) is 6.61 Å². The van der Waals surface area contributed by atoms with Crippen molar-refractivity contribution in [2.45, 2.75) is 32.8 Å². The van der Waals surface area contributed by atoms with Gasteiger partial charge in [0.25, 0.3) is 11.8 Å². The number of amides is 2. The van der Waals surface area contributed by atoms with Crippen LogP contribution < -0.4 is 25.6 Å². The van der Waals surface area contributed by atoms with Gasteiger partial charge in [-0.3, -0.25) is 25.8 Å². The molecule has 0 aromatic heterocycles. The number of benzene rings is 3. The van der Waals surface area contributed by atoms with E-state index in [4.69, 9.17) is 21.7 Å². The summed E-state index contributed by atoms with van der Waals surface area (Å²) in [5.74, 6) is 0.0246. The topological polar surface area (TPSA) is 88.7 Å². The lowest BCUT2D eigenvalue weighted by atomic mass is 10.2. The highest BCUT2D eigenvalue weighted by Crippen LogP contribution is 2.20. The first kappa shape index (κ1) is 25.7. The Kier molecular flexibility index (Phi) is 10.1. The molecule has 0 saturated heterocycles. The van der Waals surface area contributed by atoms with Crippen LogP contribution in [0.1, 0.15) is 52.5 Å². The number of hydrogen-bond donors (Lipinski definition) is 3. The van der Waals surface area contributed by atoms with Crippen LogP contribution in [0, 0.1) is 0 Å². The van der Waals surface area contributed by atoms with Crippen LogP contribution in [0.3, 0.4) is 0 Å². The SMILES string of the molecule is CCCCCOc1ccccc1C(=O)NC(=S)NNC(=O)c1ccccc1OCc1ccccc1. The minimum Gasteiger partial charge on any atom is -0.493 e. The molecule has 3 N–H and O–H groups in total. The molecule has 0 bridgehead atoms. The number of hydrogen-bond acceptors (Lipinski definition) is 5. The number of hydrazine groups is 1. The molecule has 0 atom stereocenters. The van der Waals surface area contributed by atoms with Gasteiger partial charge in [-0.05, 0) is 48.5 Å². The Bertz CT molecular complexity index is 1140. The Hall–Kier alpha value is -3.91. The zero-order valence-corrected chi connectivity index (χ0v) is 20.4. The minimum atomic E-state index is -0.454. The van der Waals surface area contributed by atoms with Crippen molar-refractivity contribution in [3.05, 3.63) is 95.6 Å². The van der Waals surface area contributed by atoms with Crippen molar-refractivity contribution in [2.24, 2.45) is 0 Å². The van der Waals surface area contributed by atoms with Gasteiger partial charge in [0.05, 0.1) is 17.7 Å². The summed E-state index contributed by atoms with van der Waals surface area (Å²) in [4.78, 5) is 25.4. The summed E-state index contributed by atoms with van der Waals surface area (Å²) >= 11 is 5.18. The molecule has 7 nitrogen and oxygen atoms in total. The first-order chi connectivity index (χ1) is 17.1. The van der Waals surface area contributed by atoms with Gasteiger partial charge in [-0.2, -0.15) is 0 Å². The summed E-state index contributed by atoms with van der Waals surface area (Å²) < 4.78 is 11.6. The number of ether oxygens (including phenoxy) is 2. The molecule has 35 heavy (non-hydrogen) atoms. The lowest BCUT2D eigenvalue weighted by Crippen LogP contribution is -2.48. The van der Waals surface area contributed by atoms with Gasteiger partial charge in [-0.1, -0.05) is 74.4 Å². The molecule has 3 aromatic carbocycles. The maximum absolute atomic E-state index is 12.7. The first-order valence-corrected chi connectivity index (χ1v) is 11.9. The highest BCUT2D eigenvalue weighted by atomic mass is 32.1. The molecule has 0 fully saturated rings. The normalized spacial score (nSPS) is 10.2. The van der Waals surface area contributed by atoms with Crippen molar-refractivity contribution in [1.29, 1.82) is 0 Å². The molecule has 0 radical (unpaired) electrons. The second-order valence-corrected chi connectivity index (χ2v) is 8.09. The highest BCUT2D eigenvalue weighted by Gasteiger charge is 2.16. The van der Waals surface area contributed by atoms with Crippen LogP contribution >= 0.6 is 12.2 Å². The van der Waals surface area contributed by atoms with E-state index in [-0.39, 0.29) is 5.11 Å². The lowest BCUT2D eigenvalue weighted by molar-refractivity contribution is 0.0930. The standard InChI is InChI=1S/C27H29N3O4S/c1-2-3-11-18-33-23-16-9-7-14-21(23)25(31)28-27(35)30-29-26(32)22-15-8-10-17-24(22)34-19-20-12-5-4-6-13-20/h4-10,12-17H,2-3,11,18-19H2,1H3,(H,29,32)(H2,28,30,31,35). The molecule has 182 valence electrons. The zero-order chi connectivity index (χ0) is 24.9. The van der Waals surface area contributed by atoms with Crippen molar-refractivity contribution in [1.82, 2.24) is 16.2 Å². The molecule has 2 amide bonds. The Labute approximate surface area is 210 Å². The summed E-state index contributed by atoms with van der Waals surface area (Å²) in [5.41, 5.74) is 6.74. The summed E-state index contributed by atoms with van der Waals surface area (Å²) in [5, 5.41) is 2.51. The Balaban J connectivity index is 1.53. The Morgan fingerprint density at radius 1 is 0.743 bits per heavy atom. The molecule has 0 heterocycles. The van der Waals surface area contributed by atoms with Crippen molar-refractivity contribution >= 4 is 29.1 Å². The van der Waals surface area contributed by atoms with Crippen LogP contribution in [0.4, 0.5) is 0 Å². The van der Waals surface area contributed by atoms with Gasteiger partial charge < -0.3 is 9.47 Å². The number of para-hydroxylation sites is 2. The summed E-state index contributed by atoms with van der Waals surface area (Å²) in [6.45, 7) is 2.97. The van der Waals surface area contributed by atoms with Crippen LogP contribution in [0.2, 0.25) is 0 Å². The fourth-order valence-electron chi connectivity index (χ4n) is 3.21. The van der Waals surface area contributed by atoms with E-state index >= 15 is 0 Å². The van der Waals surface area contributed by atoms with Gasteiger partial charge in [-0.25, -0.2) is 0 Å². The van der Waals surface area contributed by atoms with E-state index < -0.39 is 11.8 Å². The van der Waals surface area contributed by atoms with E-state index in [0.29, 0.717) is 35.8 Å². The van der Waals surface area contributed by atoms with Gasteiger partial charge in [0.2, 0.25) is 0 Å². The summed E-state index contributed by atoms with van der Waals surface area (Å²) in [7, 11) is 0. The van der Waals surface area contributed by atoms with Crippen molar-refractivity contribution in [2.75, 3.05) is 6.61 Å². The van der Waals surface area contributed by atoms with E-state index in [2.05, 4.69) is 23.1 Å². The maximum atomic E-state index is 12.7. The third-order valence-electron chi connectivity index (χ3n) is 5.02. The van der Waals surface area contributed by atoms with Crippen molar-refractivity contribution < 1.29 is 19.1 Å². The van der Waals surface area contributed by atoms with Gasteiger partial charge >= 0.3 is 0 Å². The monoisotopic (exact) mass is 491 g/mol. The first-order valence-electron chi connectivity index (χ1n) is 11.5. The van der Waals surface area contributed by atoms with Crippen LogP contribution in [0.15, 0.2) is 78.9 Å². The molecule has 3 aromatic rings. The van der Waals surface area contributed by atoms with Crippen molar-refractivity contribution in [3.8, 4) is 11.5 Å². The number of nitrogens with one attached hydrogen (secondary N) is 3. The van der Waals surface area contributed by atoms with E-state index in [1.165, 1.54) is 0 Å². The third kappa shape index (κ3) is 8.12. The molecular formula is C27H29N3O4S. The molecule has 0 aliphatic rings. The van der Waals surface area contributed by atoms with Crippen molar-refractivity contribution in [3.63, 3.8) is 0 Å². The number of rotatable bonds is 10. The number of carbonyl (C=O) groups excluding carboxylic acids is 2. The van der Waals surface area contributed by atoms with E-state index in [9.17, 15) is 9.59 Å². The number of unbranched alkanes of at least 4 members (excludes halogenated alkanes) is 2. The molecular weight excluding hydrogens is 462 g/mol. The molecule has 0 spiro atoms. The smallest absolute Gasteiger partial charge is 0.273 e. The van der Waals surface area contributed by atoms with Crippen LogP contribution in [0.5, 0.6) is 11.5 Å². The summed E-state index contributed by atoms with van der Waals surface area (Å²) in [6, 6.07) is 23.5. The maximum Gasteiger partial charge on any atom is 0.273 e. The van der Waals surface area contributed by atoms with E-state index in [1.54, 1.807) is 48.5 Å².